The van der Waals surface area contributed by atoms with E-state index in [1.807, 2.05) is 48.1 Å². The van der Waals surface area contributed by atoms with Gasteiger partial charge in [-0.1, -0.05) is 39.8 Å². The van der Waals surface area contributed by atoms with Gasteiger partial charge in [-0.3, -0.25) is 34.1 Å². The Bertz CT molecular complexity index is 2800. The van der Waals surface area contributed by atoms with Crippen molar-refractivity contribution in [2.75, 3.05) is 67.1 Å². The lowest BCUT2D eigenvalue weighted by atomic mass is 9.78. The minimum Gasteiger partial charge on any atom is -0.464 e. The monoisotopic (exact) mass is 1050 g/mol. The average molecular weight is 1050 g/mol. The van der Waals surface area contributed by atoms with E-state index in [1.54, 1.807) is 26.4 Å². The lowest BCUT2D eigenvalue weighted by Crippen LogP contribution is -2.62. The van der Waals surface area contributed by atoms with Crippen molar-refractivity contribution in [1.29, 1.82) is 0 Å². The number of methoxy groups -OCH3 is 1. The molecule has 3 aromatic heterocycles. The highest BCUT2D eigenvalue weighted by atomic mass is 32.1. The molecule has 4 fully saturated rings. The van der Waals surface area contributed by atoms with E-state index < -0.39 is 41.3 Å². The second-order valence-corrected chi connectivity index (χ2v) is 23.8. The van der Waals surface area contributed by atoms with Crippen LogP contribution in [-0.2, 0) is 48.0 Å². The number of thiazole rings is 1. The van der Waals surface area contributed by atoms with Crippen LogP contribution in [0.1, 0.15) is 109 Å². The number of urea groups is 1. The van der Waals surface area contributed by atoms with Crippen LogP contribution in [0, 0.1) is 16.7 Å². The number of fused-ring (bicyclic) bond motifs is 6. The van der Waals surface area contributed by atoms with E-state index >= 15 is 0 Å². The first kappa shape index (κ1) is 54.1. The third-order valence-electron chi connectivity index (χ3n) is 16.7. The van der Waals surface area contributed by atoms with Gasteiger partial charge in [0.15, 0.2) is 0 Å². The second-order valence-electron chi connectivity index (χ2n) is 22.9. The number of benzene rings is 1. The standard InChI is InChI=1S/C57H78N10O7S/c1-10-66-46-19-17-38-30-41(46)42(51(66)40-15-11-24-58-49(40)37(4)73-9)32-56(5,6)35-74-54(71)43-16-13-26-67(61-43)53(70)44(31-47-59-45(38)33-75-47)60-52(69)50(36(2)3)63(8)55(72)64-27-21-57(22-28-64)23-29-65(34-57)48(68)20-18-39-14-12-25-62(39)7/h11,15,17-20,24,30,33,36-37,39,43-44,50,61H,10,12-14,16,21-23,25-29,31-32,34-35H2,1-9H3,(H,60,69)/b20-18+/t37-,39+,43-,44-,50-/m0/s1. The van der Waals surface area contributed by atoms with Crippen LogP contribution >= 0.6 is 11.3 Å². The van der Waals surface area contributed by atoms with E-state index in [1.165, 1.54) is 21.2 Å². The van der Waals surface area contributed by atoms with Crippen LogP contribution in [-0.4, -0.2) is 160 Å². The zero-order chi connectivity index (χ0) is 53.3. The lowest BCUT2D eigenvalue weighted by molar-refractivity contribution is -0.155. The molecule has 404 valence electrons. The molecule has 0 saturated carbocycles. The number of piperidine rings is 1. The van der Waals surface area contributed by atoms with Gasteiger partial charge in [-0.2, -0.15) is 0 Å². The Morgan fingerprint density at radius 2 is 1.77 bits per heavy atom. The van der Waals surface area contributed by atoms with Gasteiger partial charge in [0, 0.05) is 111 Å². The zero-order valence-corrected chi connectivity index (χ0v) is 46.3. The number of pyridine rings is 1. The Balaban J connectivity index is 0.964. The highest BCUT2D eigenvalue weighted by Gasteiger charge is 2.44. The van der Waals surface area contributed by atoms with Crippen LogP contribution in [0.25, 0.3) is 33.4 Å². The first-order valence-corrected chi connectivity index (χ1v) is 28.1. The number of carbonyl (C=O) groups excluding carboxylic acids is 5. The number of aryl methyl sites for hydroxylation is 1. The summed E-state index contributed by atoms with van der Waals surface area (Å²) in [4.78, 5) is 88.7. The van der Waals surface area contributed by atoms with Crippen molar-refractivity contribution in [1.82, 2.24) is 49.9 Å². The summed E-state index contributed by atoms with van der Waals surface area (Å²) in [6.07, 6.45) is 11.7. The summed E-state index contributed by atoms with van der Waals surface area (Å²) < 4.78 is 14.3. The number of rotatable bonds is 10. The van der Waals surface area contributed by atoms with Crippen LogP contribution < -0.4 is 10.7 Å². The normalized spacial score (nSPS) is 23.2. The number of cyclic esters (lactones) is 1. The molecule has 18 heteroatoms. The molecule has 17 nitrogen and oxygen atoms in total. The molecule has 0 unspecified atom stereocenters. The molecule has 1 spiro atoms. The minimum atomic E-state index is -1.07. The molecule has 4 saturated heterocycles. The quantitative estimate of drug-likeness (QED) is 0.121. The topological polar surface area (TPSA) is 175 Å². The number of aromatic nitrogens is 3. The van der Waals surface area contributed by atoms with Crippen LogP contribution in [0.3, 0.4) is 0 Å². The maximum atomic E-state index is 14.8. The van der Waals surface area contributed by atoms with Gasteiger partial charge in [0.2, 0.25) is 11.8 Å². The van der Waals surface area contributed by atoms with Crippen molar-refractivity contribution in [2.45, 2.75) is 136 Å². The molecule has 0 radical (unpaired) electrons. The van der Waals surface area contributed by atoms with Gasteiger partial charge in [0.1, 0.15) is 18.1 Å². The minimum absolute atomic E-state index is 0.0421. The van der Waals surface area contributed by atoms with Crippen LogP contribution in [0.4, 0.5) is 4.79 Å². The molecule has 4 aromatic rings. The zero-order valence-electron chi connectivity index (χ0n) is 45.5. The van der Waals surface area contributed by atoms with Gasteiger partial charge in [-0.05, 0) is 120 Å². The largest absolute Gasteiger partial charge is 0.464 e. The Kier molecular flexibility index (Phi) is 16.2. The molecule has 6 bridgehead atoms. The summed E-state index contributed by atoms with van der Waals surface area (Å²) in [5, 5.41) is 8.24. The molecule has 2 N–H and O–H groups in total. The van der Waals surface area contributed by atoms with Crippen molar-refractivity contribution in [3.8, 4) is 22.5 Å². The van der Waals surface area contributed by atoms with Gasteiger partial charge in [0.25, 0.3) is 5.91 Å². The van der Waals surface area contributed by atoms with Crippen molar-refractivity contribution in [2.24, 2.45) is 16.7 Å². The fourth-order valence-corrected chi connectivity index (χ4v) is 13.1. The first-order chi connectivity index (χ1) is 35.9. The number of esters is 1. The number of nitrogens with zero attached hydrogens (tertiary/aromatic N) is 8. The van der Waals surface area contributed by atoms with Gasteiger partial charge >= 0.3 is 12.0 Å². The second kappa shape index (κ2) is 22.5. The van der Waals surface area contributed by atoms with E-state index in [-0.39, 0.29) is 42.4 Å². The Morgan fingerprint density at radius 1 is 1.03 bits per heavy atom. The highest BCUT2D eigenvalue weighted by Crippen LogP contribution is 2.43. The van der Waals surface area contributed by atoms with E-state index in [4.69, 9.17) is 19.4 Å². The fraction of sp³-hybridized carbons (Fsp3) is 0.596. The van der Waals surface area contributed by atoms with Gasteiger partial charge < -0.3 is 34.1 Å². The Hall–Kier alpha value is -5.69. The Morgan fingerprint density at radius 3 is 2.48 bits per heavy atom. The third-order valence-corrected chi connectivity index (χ3v) is 17.5. The molecular formula is C57H78N10O7S. The molecule has 75 heavy (non-hydrogen) atoms. The molecular weight excluding hydrogens is 969 g/mol. The molecule has 5 atom stereocenters. The van der Waals surface area contributed by atoms with Crippen molar-refractivity contribution in [3.05, 3.63) is 70.3 Å². The maximum absolute atomic E-state index is 14.8. The first-order valence-electron chi connectivity index (χ1n) is 27.2. The number of hydrogen-bond donors (Lipinski definition) is 2. The van der Waals surface area contributed by atoms with E-state index in [9.17, 15) is 24.0 Å². The summed E-state index contributed by atoms with van der Waals surface area (Å²) in [6.45, 7) is 16.8. The summed E-state index contributed by atoms with van der Waals surface area (Å²) >= 11 is 1.42. The molecule has 1 aromatic carbocycles. The van der Waals surface area contributed by atoms with E-state index in [2.05, 4.69) is 72.3 Å². The number of carbonyl (C=O) groups is 5. The van der Waals surface area contributed by atoms with Gasteiger partial charge in [-0.15, -0.1) is 11.3 Å². The summed E-state index contributed by atoms with van der Waals surface area (Å²) in [5.41, 5.74) is 9.31. The Labute approximate surface area is 446 Å². The highest BCUT2D eigenvalue weighted by molar-refractivity contribution is 7.10. The van der Waals surface area contributed by atoms with Crippen LogP contribution in [0.15, 0.2) is 54.1 Å². The maximum Gasteiger partial charge on any atom is 0.324 e. The number of hydrogen-bond acceptors (Lipinski definition) is 12. The fourth-order valence-electron chi connectivity index (χ4n) is 12.3. The van der Waals surface area contributed by atoms with Crippen molar-refractivity contribution >= 4 is 52.0 Å². The van der Waals surface area contributed by atoms with Crippen molar-refractivity contribution in [3.63, 3.8) is 0 Å². The molecule has 9 rings (SSSR count). The van der Waals surface area contributed by atoms with Crippen LogP contribution in [0.5, 0.6) is 0 Å². The van der Waals surface area contributed by atoms with Crippen LogP contribution in [0.2, 0.25) is 0 Å². The van der Waals surface area contributed by atoms with Crippen molar-refractivity contribution < 1.29 is 33.4 Å². The number of ether oxygens (including phenoxy) is 2. The third kappa shape index (κ3) is 11.4. The number of nitrogens with one attached hydrogen (secondary N) is 2. The summed E-state index contributed by atoms with van der Waals surface area (Å²) in [7, 11) is 5.46. The van der Waals surface area contributed by atoms with Gasteiger partial charge in [-0.25, -0.2) is 15.2 Å². The molecule has 5 amide bonds. The number of likely N-dealkylation sites (tertiary alicyclic amines) is 3. The molecule has 8 heterocycles. The number of amides is 5. The summed E-state index contributed by atoms with van der Waals surface area (Å²) in [6, 6.07) is 7.78. The smallest absolute Gasteiger partial charge is 0.324 e. The average Bonchev–Trinajstić information content (AvgIpc) is 4.24. The molecule has 0 aliphatic carbocycles. The van der Waals surface area contributed by atoms with E-state index in [0.29, 0.717) is 69.6 Å². The predicted octanol–water partition coefficient (Wildman–Crippen LogP) is 7.24. The molecule has 5 aliphatic heterocycles. The van der Waals surface area contributed by atoms with Gasteiger partial charge in [0.05, 0.1) is 34.8 Å². The predicted molar refractivity (Wildman–Crippen MR) is 290 cm³/mol. The molecule has 5 aliphatic rings. The number of hydrazine groups is 1. The van der Waals surface area contributed by atoms with E-state index in [0.717, 1.165) is 83.3 Å². The lowest BCUT2D eigenvalue weighted by Gasteiger charge is -2.42. The SMILES string of the molecule is CCn1c(-c2cccnc2[C@H](C)OC)c2c3cc(ccc31)-c1csc(n1)C[C@H](NC(=O)[C@H](C(C)C)N(C)C(=O)N1CCC3(CCN(C(=O)/C=C/[C@H]4CCCN4C)C3)CC1)C(=O)N1CCC[C@H](N1)C(=O)OCC(C)(C)C2. The number of likely N-dealkylation sites (N-methyl/N-ethyl adjacent to an activating group) is 2. The summed E-state index contributed by atoms with van der Waals surface area (Å²) in [5.74, 6) is -1.54.